The summed E-state index contributed by atoms with van der Waals surface area (Å²) in [5.41, 5.74) is 3.54. The van der Waals surface area contributed by atoms with Crippen LogP contribution in [-0.2, 0) is 17.8 Å². The number of hydrogen-bond donors (Lipinski definition) is 1. The molecule has 4 nitrogen and oxygen atoms in total. The van der Waals surface area contributed by atoms with Crippen molar-refractivity contribution in [2.75, 3.05) is 6.54 Å². The second kappa shape index (κ2) is 6.18. The van der Waals surface area contributed by atoms with Gasteiger partial charge in [-0.1, -0.05) is 31.2 Å². The van der Waals surface area contributed by atoms with Gasteiger partial charge in [0.1, 0.15) is 11.0 Å². The Hall–Kier alpha value is -1.72. The number of aryl methyl sites for hydroxylation is 1. The smallest absolute Gasteiger partial charge is 0.320 e. The van der Waals surface area contributed by atoms with Crippen LogP contribution in [0.2, 0.25) is 0 Å². The Morgan fingerprint density at radius 3 is 2.91 bits per heavy atom. The molecule has 3 rings (SSSR count). The van der Waals surface area contributed by atoms with Gasteiger partial charge in [-0.25, -0.2) is 4.98 Å². The molecule has 0 spiro atoms. The van der Waals surface area contributed by atoms with E-state index in [0.29, 0.717) is 13.0 Å². The van der Waals surface area contributed by atoms with Gasteiger partial charge in [0.25, 0.3) is 0 Å². The molecule has 1 unspecified atom stereocenters. The summed E-state index contributed by atoms with van der Waals surface area (Å²) < 4.78 is 0. The van der Waals surface area contributed by atoms with Crippen molar-refractivity contribution in [3.8, 4) is 10.6 Å². The lowest BCUT2D eigenvalue weighted by Crippen LogP contribution is -2.43. The number of nitrogens with zero attached hydrogens (tertiary/aromatic N) is 2. The number of fused-ring (bicyclic) bond motifs is 1. The van der Waals surface area contributed by atoms with E-state index in [1.165, 1.54) is 16.0 Å². The minimum atomic E-state index is -0.727. The van der Waals surface area contributed by atoms with Crippen LogP contribution in [0.25, 0.3) is 10.6 Å². The molecule has 0 amide bonds. The number of benzene rings is 1. The van der Waals surface area contributed by atoms with Crippen LogP contribution in [-0.4, -0.2) is 33.5 Å². The van der Waals surface area contributed by atoms with Crippen molar-refractivity contribution >= 4 is 17.3 Å². The third-order valence-corrected chi connectivity index (χ3v) is 5.36. The standard InChI is InChI=1S/C17H20N2O2S/c1-3-14(17(20)21)19-9-8-13-15(10-19)22-16(18-13)12-7-5-4-6-11(12)2/h4-7,14H,3,8-10H2,1-2H3,(H,20,21). The van der Waals surface area contributed by atoms with E-state index in [1.54, 1.807) is 11.3 Å². The van der Waals surface area contributed by atoms with Gasteiger partial charge in [0.05, 0.1) is 5.69 Å². The van der Waals surface area contributed by atoms with Gasteiger partial charge in [0, 0.05) is 30.0 Å². The van der Waals surface area contributed by atoms with Gasteiger partial charge in [-0.3, -0.25) is 9.69 Å². The number of carboxylic acids is 1. The highest BCUT2D eigenvalue weighted by atomic mass is 32.1. The summed E-state index contributed by atoms with van der Waals surface area (Å²) in [6.07, 6.45) is 1.47. The number of aliphatic carboxylic acids is 1. The van der Waals surface area contributed by atoms with Crippen molar-refractivity contribution in [2.45, 2.75) is 39.3 Å². The molecule has 5 heteroatoms. The second-order valence-electron chi connectivity index (χ2n) is 5.69. The van der Waals surface area contributed by atoms with Gasteiger partial charge >= 0.3 is 5.97 Å². The molecule has 0 fully saturated rings. The molecular formula is C17H20N2O2S. The molecule has 1 aromatic carbocycles. The summed E-state index contributed by atoms with van der Waals surface area (Å²) >= 11 is 1.70. The highest BCUT2D eigenvalue weighted by molar-refractivity contribution is 7.15. The second-order valence-corrected chi connectivity index (χ2v) is 6.77. The third-order valence-electron chi connectivity index (χ3n) is 4.25. The van der Waals surface area contributed by atoms with Crippen LogP contribution in [0, 0.1) is 6.92 Å². The van der Waals surface area contributed by atoms with Crippen LogP contribution in [0.5, 0.6) is 0 Å². The average Bonchev–Trinajstić information content (AvgIpc) is 2.91. The zero-order valence-electron chi connectivity index (χ0n) is 12.9. The molecule has 2 heterocycles. The van der Waals surface area contributed by atoms with Crippen LogP contribution >= 0.6 is 11.3 Å². The van der Waals surface area contributed by atoms with Gasteiger partial charge in [-0.15, -0.1) is 11.3 Å². The number of rotatable bonds is 4. The molecule has 116 valence electrons. The maximum atomic E-state index is 11.4. The summed E-state index contributed by atoms with van der Waals surface area (Å²) in [4.78, 5) is 19.4. The molecule has 2 aromatic rings. The molecule has 1 aromatic heterocycles. The summed E-state index contributed by atoms with van der Waals surface area (Å²) in [5, 5.41) is 10.4. The van der Waals surface area contributed by atoms with Crippen molar-refractivity contribution < 1.29 is 9.90 Å². The van der Waals surface area contributed by atoms with Gasteiger partial charge in [0.15, 0.2) is 0 Å². The first-order chi connectivity index (χ1) is 10.6. The molecule has 22 heavy (non-hydrogen) atoms. The molecule has 0 saturated heterocycles. The Balaban J connectivity index is 1.87. The van der Waals surface area contributed by atoms with Crippen LogP contribution in [0.4, 0.5) is 0 Å². The summed E-state index contributed by atoms with van der Waals surface area (Å²) in [6.45, 7) is 5.50. The van der Waals surface area contributed by atoms with E-state index >= 15 is 0 Å². The minimum Gasteiger partial charge on any atom is -0.480 e. The predicted molar refractivity (Wildman–Crippen MR) is 88.1 cm³/mol. The van der Waals surface area contributed by atoms with Crippen molar-refractivity contribution in [2.24, 2.45) is 0 Å². The zero-order valence-corrected chi connectivity index (χ0v) is 13.7. The molecule has 1 atom stereocenters. The lowest BCUT2D eigenvalue weighted by atomic mass is 10.1. The molecule has 0 radical (unpaired) electrons. The Labute approximate surface area is 134 Å². The van der Waals surface area contributed by atoms with Crippen molar-refractivity contribution in [3.63, 3.8) is 0 Å². The largest absolute Gasteiger partial charge is 0.480 e. The maximum absolute atomic E-state index is 11.4. The van der Waals surface area contributed by atoms with Gasteiger partial charge in [-0.2, -0.15) is 0 Å². The fourth-order valence-electron chi connectivity index (χ4n) is 3.00. The molecule has 1 N–H and O–H groups in total. The van der Waals surface area contributed by atoms with Gasteiger partial charge in [0.2, 0.25) is 0 Å². The van der Waals surface area contributed by atoms with Gasteiger partial charge in [-0.05, 0) is 18.9 Å². The Morgan fingerprint density at radius 1 is 1.45 bits per heavy atom. The summed E-state index contributed by atoms with van der Waals surface area (Å²) in [6, 6.07) is 7.87. The number of aromatic nitrogens is 1. The van der Waals surface area contributed by atoms with E-state index in [-0.39, 0.29) is 0 Å². The zero-order chi connectivity index (χ0) is 15.7. The Bertz CT molecular complexity index is 696. The van der Waals surface area contributed by atoms with E-state index in [1.807, 2.05) is 19.1 Å². The van der Waals surface area contributed by atoms with E-state index in [2.05, 4.69) is 24.0 Å². The predicted octanol–water partition coefficient (Wildman–Crippen LogP) is 3.34. The van der Waals surface area contributed by atoms with E-state index in [4.69, 9.17) is 4.98 Å². The highest BCUT2D eigenvalue weighted by Crippen LogP contribution is 2.33. The van der Waals surface area contributed by atoms with Crippen molar-refractivity contribution in [1.82, 2.24) is 9.88 Å². The van der Waals surface area contributed by atoms with Crippen LogP contribution in [0.1, 0.15) is 29.5 Å². The lowest BCUT2D eigenvalue weighted by molar-refractivity contribution is -0.143. The fourth-order valence-corrected chi connectivity index (χ4v) is 4.22. The van der Waals surface area contributed by atoms with E-state index < -0.39 is 12.0 Å². The number of hydrogen-bond acceptors (Lipinski definition) is 4. The van der Waals surface area contributed by atoms with Crippen LogP contribution in [0.3, 0.4) is 0 Å². The summed E-state index contributed by atoms with van der Waals surface area (Å²) in [7, 11) is 0. The monoisotopic (exact) mass is 316 g/mol. The molecule has 1 aliphatic rings. The Morgan fingerprint density at radius 2 is 2.23 bits per heavy atom. The molecular weight excluding hydrogens is 296 g/mol. The highest BCUT2D eigenvalue weighted by Gasteiger charge is 2.29. The third kappa shape index (κ3) is 2.78. The van der Waals surface area contributed by atoms with Crippen molar-refractivity contribution in [1.29, 1.82) is 0 Å². The van der Waals surface area contributed by atoms with E-state index in [9.17, 15) is 9.90 Å². The van der Waals surface area contributed by atoms with Crippen LogP contribution in [0.15, 0.2) is 24.3 Å². The average molecular weight is 316 g/mol. The number of carboxylic acid groups (broad SMARTS) is 1. The molecule has 1 aliphatic heterocycles. The first kappa shape index (κ1) is 15.2. The summed E-state index contributed by atoms with van der Waals surface area (Å²) in [5.74, 6) is -0.727. The Kier molecular flexibility index (Phi) is 4.27. The number of carbonyl (C=O) groups is 1. The normalized spacial score (nSPS) is 16.3. The quantitative estimate of drug-likeness (QED) is 0.940. The lowest BCUT2D eigenvalue weighted by Gasteiger charge is -2.30. The fraction of sp³-hybridized carbons (Fsp3) is 0.412. The van der Waals surface area contributed by atoms with Crippen LogP contribution < -0.4 is 0 Å². The first-order valence-corrected chi connectivity index (χ1v) is 8.43. The first-order valence-electron chi connectivity index (χ1n) is 7.61. The molecule has 0 bridgehead atoms. The van der Waals surface area contributed by atoms with Gasteiger partial charge < -0.3 is 5.11 Å². The maximum Gasteiger partial charge on any atom is 0.320 e. The SMILES string of the molecule is CCC(C(=O)O)N1CCc2nc(-c3ccccc3C)sc2C1. The molecule has 0 saturated carbocycles. The minimum absolute atomic E-state index is 0.392. The topological polar surface area (TPSA) is 53.4 Å². The van der Waals surface area contributed by atoms with Crippen molar-refractivity contribution in [3.05, 3.63) is 40.4 Å². The number of thiazole rings is 1. The molecule has 0 aliphatic carbocycles. The van der Waals surface area contributed by atoms with E-state index in [0.717, 1.165) is 23.7 Å².